The molecule has 2 aromatic heterocycles. The molecule has 0 aliphatic heterocycles. The number of hydrogen-bond acceptors (Lipinski definition) is 6. The highest BCUT2D eigenvalue weighted by molar-refractivity contribution is 7.09. The minimum atomic E-state index is -0.544. The Labute approximate surface area is 101 Å². The summed E-state index contributed by atoms with van der Waals surface area (Å²) in [5.74, 6) is 0.0492. The van der Waals surface area contributed by atoms with E-state index in [0.29, 0.717) is 0 Å². The highest BCUT2D eigenvalue weighted by atomic mass is 32.1. The van der Waals surface area contributed by atoms with Crippen molar-refractivity contribution in [1.29, 1.82) is 0 Å². The number of nitro groups is 1. The number of hydrogen-bond donors (Lipinski definition) is 1. The first-order valence-corrected chi connectivity index (χ1v) is 5.78. The molecule has 0 saturated carbocycles. The van der Waals surface area contributed by atoms with Crippen LogP contribution in [0.15, 0.2) is 11.6 Å². The second-order valence-corrected chi connectivity index (χ2v) is 4.65. The van der Waals surface area contributed by atoms with Gasteiger partial charge in [0.15, 0.2) is 0 Å². The first kappa shape index (κ1) is 11.5. The van der Waals surface area contributed by atoms with Crippen LogP contribution in [-0.4, -0.2) is 19.7 Å². The van der Waals surface area contributed by atoms with E-state index in [1.165, 1.54) is 16.0 Å². The molecule has 0 spiro atoms. The zero-order valence-corrected chi connectivity index (χ0v) is 10.1. The van der Waals surface area contributed by atoms with E-state index >= 15 is 0 Å². The fourth-order valence-electron chi connectivity index (χ4n) is 1.51. The van der Waals surface area contributed by atoms with Gasteiger partial charge in [-0.3, -0.25) is 10.1 Å². The Morgan fingerprint density at radius 2 is 2.35 bits per heavy atom. The topological polar surface area (TPSA) is 99.9 Å². The maximum atomic E-state index is 10.7. The summed E-state index contributed by atoms with van der Waals surface area (Å²) in [6, 6.07) is -0.214. The molecule has 17 heavy (non-hydrogen) atoms. The van der Waals surface area contributed by atoms with E-state index in [9.17, 15) is 10.1 Å². The fraction of sp³-hybridized carbons (Fsp3) is 0.333. The Hall–Kier alpha value is -1.96. The summed E-state index contributed by atoms with van der Waals surface area (Å²) >= 11 is 1.52. The second kappa shape index (κ2) is 4.13. The van der Waals surface area contributed by atoms with Gasteiger partial charge in [-0.25, -0.2) is 9.67 Å². The zero-order chi connectivity index (χ0) is 12.6. The lowest BCUT2D eigenvalue weighted by atomic mass is 10.2. The molecule has 0 aliphatic rings. The second-order valence-electron chi connectivity index (χ2n) is 3.58. The van der Waals surface area contributed by atoms with Crippen LogP contribution in [0.3, 0.4) is 0 Å². The van der Waals surface area contributed by atoms with Gasteiger partial charge >= 0.3 is 5.69 Å². The Bertz CT molecular complexity index is 561. The van der Waals surface area contributed by atoms with Crippen LogP contribution in [0.1, 0.15) is 23.7 Å². The van der Waals surface area contributed by atoms with Crippen molar-refractivity contribution in [2.75, 3.05) is 5.73 Å². The lowest BCUT2D eigenvalue weighted by Gasteiger charge is -2.10. The van der Waals surface area contributed by atoms with Gasteiger partial charge in [-0.05, 0) is 13.8 Å². The molecule has 2 rings (SSSR count). The molecule has 2 aromatic rings. The molecule has 0 saturated heterocycles. The molecule has 0 fully saturated rings. The highest BCUT2D eigenvalue weighted by Crippen LogP contribution is 2.27. The Kier molecular flexibility index (Phi) is 2.80. The van der Waals surface area contributed by atoms with Crippen molar-refractivity contribution in [3.8, 4) is 0 Å². The minimum absolute atomic E-state index is 0.0492. The van der Waals surface area contributed by atoms with Crippen molar-refractivity contribution in [1.82, 2.24) is 14.8 Å². The van der Waals surface area contributed by atoms with Crippen molar-refractivity contribution < 1.29 is 4.92 Å². The van der Waals surface area contributed by atoms with Gasteiger partial charge in [-0.1, -0.05) is 0 Å². The molecule has 1 atom stereocenters. The SMILES string of the molecule is Cc1nc(C(C)n2ncc([N+](=O)[O-])c2N)cs1. The molecule has 2 N–H and O–H groups in total. The summed E-state index contributed by atoms with van der Waals surface area (Å²) < 4.78 is 1.41. The first-order valence-electron chi connectivity index (χ1n) is 4.90. The van der Waals surface area contributed by atoms with Gasteiger partial charge in [0, 0.05) is 5.38 Å². The molecule has 0 amide bonds. The van der Waals surface area contributed by atoms with Crippen molar-refractivity contribution in [2.45, 2.75) is 19.9 Å². The third kappa shape index (κ3) is 1.98. The lowest BCUT2D eigenvalue weighted by molar-refractivity contribution is -0.384. The molecular weight excluding hydrogens is 242 g/mol. The predicted octanol–water partition coefficient (Wildman–Crippen LogP) is 1.75. The van der Waals surface area contributed by atoms with Crippen molar-refractivity contribution >= 4 is 22.8 Å². The van der Waals surface area contributed by atoms with Crippen molar-refractivity contribution in [3.63, 3.8) is 0 Å². The number of thiazole rings is 1. The predicted molar refractivity (Wildman–Crippen MR) is 64.0 cm³/mol. The van der Waals surface area contributed by atoms with E-state index in [4.69, 9.17) is 5.73 Å². The molecule has 1 unspecified atom stereocenters. The maximum absolute atomic E-state index is 10.7. The van der Waals surface area contributed by atoms with E-state index in [2.05, 4.69) is 10.1 Å². The average molecular weight is 253 g/mol. The number of nitrogen functional groups attached to an aromatic ring is 1. The van der Waals surface area contributed by atoms with Crippen LogP contribution in [0.5, 0.6) is 0 Å². The number of aromatic nitrogens is 3. The average Bonchev–Trinajstić information content (AvgIpc) is 2.83. The summed E-state index contributed by atoms with van der Waals surface area (Å²) in [5.41, 5.74) is 6.31. The van der Waals surface area contributed by atoms with Crippen LogP contribution in [-0.2, 0) is 0 Å². The number of aryl methyl sites for hydroxylation is 1. The quantitative estimate of drug-likeness (QED) is 0.663. The van der Waals surface area contributed by atoms with Gasteiger partial charge in [0.25, 0.3) is 0 Å². The number of rotatable bonds is 3. The van der Waals surface area contributed by atoms with Crippen LogP contribution in [0, 0.1) is 17.0 Å². The number of anilines is 1. The minimum Gasteiger partial charge on any atom is -0.378 e. The molecule has 0 bridgehead atoms. The molecule has 90 valence electrons. The van der Waals surface area contributed by atoms with Gasteiger partial charge in [0.2, 0.25) is 5.82 Å². The van der Waals surface area contributed by atoms with Gasteiger partial charge < -0.3 is 5.73 Å². The molecule has 0 radical (unpaired) electrons. The van der Waals surface area contributed by atoms with Gasteiger partial charge in [-0.15, -0.1) is 11.3 Å². The zero-order valence-electron chi connectivity index (χ0n) is 9.32. The summed E-state index contributed by atoms with van der Waals surface area (Å²) in [5, 5.41) is 17.4. The van der Waals surface area contributed by atoms with Crippen LogP contribution in [0.4, 0.5) is 11.5 Å². The smallest absolute Gasteiger partial charge is 0.330 e. The molecule has 0 aromatic carbocycles. The van der Waals surface area contributed by atoms with Gasteiger partial charge in [0.05, 0.1) is 21.7 Å². The maximum Gasteiger partial charge on any atom is 0.330 e. The number of nitrogens with zero attached hydrogens (tertiary/aromatic N) is 4. The van der Waals surface area contributed by atoms with Crippen LogP contribution in [0.2, 0.25) is 0 Å². The molecule has 2 heterocycles. The van der Waals surface area contributed by atoms with E-state index in [1.807, 2.05) is 19.2 Å². The van der Waals surface area contributed by atoms with Gasteiger partial charge in [0.1, 0.15) is 6.20 Å². The van der Waals surface area contributed by atoms with Crippen molar-refractivity contribution in [3.05, 3.63) is 32.4 Å². The fourth-order valence-corrected chi connectivity index (χ4v) is 2.21. The van der Waals surface area contributed by atoms with E-state index in [0.717, 1.165) is 16.9 Å². The summed E-state index contributed by atoms with van der Waals surface area (Å²) in [7, 11) is 0. The molecule has 0 aliphatic carbocycles. The van der Waals surface area contributed by atoms with Crippen LogP contribution in [0.25, 0.3) is 0 Å². The summed E-state index contributed by atoms with van der Waals surface area (Å²) in [6.07, 6.45) is 1.16. The summed E-state index contributed by atoms with van der Waals surface area (Å²) in [6.45, 7) is 3.75. The largest absolute Gasteiger partial charge is 0.378 e. The monoisotopic (exact) mass is 253 g/mol. The first-order chi connectivity index (χ1) is 8.00. The molecule has 8 heteroatoms. The standard InChI is InChI=1S/C9H11N5O2S/c1-5(7-4-17-6(2)12-7)13-9(10)8(3-11-13)14(15)16/h3-5H,10H2,1-2H3. The lowest BCUT2D eigenvalue weighted by Crippen LogP contribution is -2.12. The van der Waals surface area contributed by atoms with Crippen molar-refractivity contribution in [2.24, 2.45) is 0 Å². The van der Waals surface area contributed by atoms with E-state index in [-0.39, 0.29) is 17.5 Å². The Morgan fingerprint density at radius 3 is 2.82 bits per heavy atom. The van der Waals surface area contributed by atoms with E-state index in [1.54, 1.807) is 0 Å². The normalized spacial score (nSPS) is 12.6. The third-order valence-electron chi connectivity index (χ3n) is 2.44. The third-order valence-corrected chi connectivity index (χ3v) is 3.23. The highest BCUT2D eigenvalue weighted by Gasteiger charge is 2.22. The van der Waals surface area contributed by atoms with Gasteiger partial charge in [-0.2, -0.15) is 5.10 Å². The van der Waals surface area contributed by atoms with E-state index < -0.39 is 4.92 Å². The molecule has 7 nitrogen and oxygen atoms in total. The Balaban J connectivity index is 2.38. The summed E-state index contributed by atoms with van der Waals surface area (Å²) in [4.78, 5) is 14.4. The number of nitrogens with two attached hydrogens (primary N) is 1. The molecular formula is C9H11N5O2S. The van der Waals surface area contributed by atoms with Crippen LogP contribution >= 0.6 is 11.3 Å². The van der Waals surface area contributed by atoms with Crippen LogP contribution < -0.4 is 5.73 Å². The Morgan fingerprint density at radius 1 is 1.65 bits per heavy atom.